The molecule has 0 unspecified atom stereocenters. The van der Waals surface area contributed by atoms with Crippen LogP contribution in [0, 0.1) is 10.1 Å². The zero-order valence-electron chi connectivity index (χ0n) is 12.2. The lowest BCUT2D eigenvalue weighted by molar-refractivity contribution is -0.402. The Balaban J connectivity index is 1.62. The second-order valence-electron chi connectivity index (χ2n) is 4.75. The first-order valence-electron chi connectivity index (χ1n) is 6.89. The van der Waals surface area contributed by atoms with Crippen molar-refractivity contribution in [1.29, 1.82) is 0 Å². The fraction of sp³-hybridized carbons (Fsp3) is 0.200. The normalized spacial score (nSPS) is 12.5. The van der Waals surface area contributed by atoms with Crippen LogP contribution in [0.1, 0.15) is 20.9 Å². The Bertz CT molecular complexity index is 810. The van der Waals surface area contributed by atoms with E-state index in [1.54, 1.807) is 6.07 Å². The number of nitrogens with zero attached hydrogens (tertiary/aromatic N) is 1. The third kappa shape index (κ3) is 3.19. The number of hydrogen-bond donors (Lipinski definition) is 0. The second kappa shape index (κ2) is 6.41. The van der Waals surface area contributed by atoms with Crippen molar-refractivity contribution >= 4 is 17.6 Å². The predicted octanol–water partition coefficient (Wildman–Crippen LogP) is 2.00. The largest absolute Gasteiger partial charge is 0.486 e. The van der Waals surface area contributed by atoms with E-state index in [0.29, 0.717) is 24.7 Å². The molecular formula is C15H11NO8. The number of carbonyl (C=O) groups excluding carboxylic acids is 2. The molecule has 0 amide bonds. The standard InChI is InChI=1S/C15H11NO8/c17-10(9-1-2-11-13(7-9)22-6-5-21-11)8-23-15(18)12-3-4-14(24-12)16(19)20/h1-4,7H,5-6,8H2. The molecule has 2 heterocycles. The maximum absolute atomic E-state index is 12.1. The van der Waals surface area contributed by atoms with Crippen LogP contribution in [-0.2, 0) is 4.74 Å². The highest BCUT2D eigenvalue weighted by Gasteiger charge is 2.20. The van der Waals surface area contributed by atoms with E-state index in [4.69, 9.17) is 18.6 Å². The fourth-order valence-electron chi connectivity index (χ4n) is 2.04. The first kappa shape index (κ1) is 15.5. The average molecular weight is 333 g/mol. The van der Waals surface area contributed by atoms with Gasteiger partial charge in [0.1, 0.15) is 18.1 Å². The first-order valence-corrected chi connectivity index (χ1v) is 6.89. The van der Waals surface area contributed by atoms with Gasteiger partial charge in [-0.3, -0.25) is 14.9 Å². The summed E-state index contributed by atoms with van der Waals surface area (Å²) in [5.74, 6) is -1.37. The highest BCUT2D eigenvalue weighted by atomic mass is 16.7. The molecule has 0 bridgehead atoms. The summed E-state index contributed by atoms with van der Waals surface area (Å²) in [4.78, 5) is 33.5. The summed E-state index contributed by atoms with van der Waals surface area (Å²) in [6.07, 6.45) is 0. The number of esters is 1. The topological polar surface area (TPSA) is 118 Å². The van der Waals surface area contributed by atoms with Gasteiger partial charge in [-0.25, -0.2) is 4.79 Å². The molecular weight excluding hydrogens is 322 g/mol. The minimum absolute atomic E-state index is 0.289. The van der Waals surface area contributed by atoms with E-state index in [9.17, 15) is 19.7 Å². The summed E-state index contributed by atoms with van der Waals surface area (Å²) in [6, 6.07) is 6.76. The quantitative estimate of drug-likeness (QED) is 0.353. The average Bonchev–Trinajstić information content (AvgIpc) is 3.09. The summed E-state index contributed by atoms with van der Waals surface area (Å²) in [5, 5.41) is 10.5. The third-order valence-electron chi connectivity index (χ3n) is 3.17. The Morgan fingerprint density at radius 1 is 1.12 bits per heavy atom. The van der Waals surface area contributed by atoms with E-state index in [1.165, 1.54) is 12.1 Å². The van der Waals surface area contributed by atoms with Crippen LogP contribution in [0.15, 0.2) is 34.7 Å². The van der Waals surface area contributed by atoms with Crippen molar-refractivity contribution in [3.63, 3.8) is 0 Å². The van der Waals surface area contributed by atoms with Crippen LogP contribution in [0.5, 0.6) is 11.5 Å². The Labute approximate surface area is 134 Å². The van der Waals surface area contributed by atoms with Crippen LogP contribution in [0.25, 0.3) is 0 Å². The number of furan rings is 1. The van der Waals surface area contributed by atoms with Gasteiger partial charge in [0.25, 0.3) is 0 Å². The summed E-state index contributed by atoms with van der Waals surface area (Å²) in [5.41, 5.74) is 0.289. The summed E-state index contributed by atoms with van der Waals surface area (Å²) in [7, 11) is 0. The van der Waals surface area contributed by atoms with Crippen molar-refractivity contribution < 1.29 is 33.1 Å². The second-order valence-corrected chi connectivity index (χ2v) is 4.75. The Hall–Kier alpha value is -3.36. The maximum atomic E-state index is 12.1. The minimum Gasteiger partial charge on any atom is -0.486 e. The SMILES string of the molecule is O=C(COC(=O)c1ccc([N+](=O)[O-])o1)c1ccc2c(c1)OCCO2. The molecule has 0 fully saturated rings. The number of rotatable bonds is 5. The molecule has 9 nitrogen and oxygen atoms in total. The van der Waals surface area contributed by atoms with Gasteiger partial charge in [0.15, 0.2) is 23.9 Å². The highest BCUT2D eigenvalue weighted by Crippen LogP contribution is 2.30. The predicted molar refractivity (Wildman–Crippen MR) is 77.4 cm³/mol. The number of nitro groups is 1. The molecule has 3 rings (SSSR count). The van der Waals surface area contributed by atoms with Gasteiger partial charge in [-0.1, -0.05) is 0 Å². The van der Waals surface area contributed by atoms with E-state index >= 15 is 0 Å². The van der Waals surface area contributed by atoms with Gasteiger partial charge in [0, 0.05) is 5.56 Å². The molecule has 0 radical (unpaired) electrons. The third-order valence-corrected chi connectivity index (χ3v) is 3.17. The van der Waals surface area contributed by atoms with Gasteiger partial charge in [-0.05, 0) is 24.3 Å². The van der Waals surface area contributed by atoms with Crippen LogP contribution >= 0.6 is 0 Å². The van der Waals surface area contributed by atoms with E-state index in [1.807, 2.05) is 0 Å². The summed E-state index contributed by atoms with van der Waals surface area (Å²) in [6.45, 7) is 0.289. The van der Waals surface area contributed by atoms with Gasteiger partial charge in [-0.2, -0.15) is 0 Å². The summed E-state index contributed by atoms with van der Waals surface area (Å²) < 4.78 is 20.2. The number of hydrogen-bond acceptors (Lipinski definition) is 8. The number of fused-ring (bicyclic) bond motifs is 1. The van der Waals surface area contributed by atoms with E-state index in [0.717, 1.165) is 12.1 Å². The number of ketones is 1. The van der Waals surface area contributed by atoms with Crippen LogP contribution in [0.3, 0.4) is 0 Å². The molecule has 1 aliphatic rings. The smallest absolute Gasteiger partial charge is 0.433 e. The lowest BCUT2D eigenvalue weighted by Crippen LogP contribution is -2.17. The lowest BCUT2D eigenvalue weighted by Gasteiger charge is -2.18. The van der Waals surface area contributed by atoms with Crippen molar-refractivity contribution in [3.8, 4) is 11.5 Å². The van der Waals surface area contributed by atoms with Gasteiger partial charge < -0.3 is 18.6 Å². The molecule has 0 aliphatic carbocycles. The molecule has 0 saturated heterocycles. The Morgan fingerprint density at radius 3 is 2.58 bits per heavy atom. The van der Waals surface area contributed by atoms with Crippen molar-refractivity contribution in [2.75, 3.05) is 19.8 Å². The van der Waals surface area contributed by atoms with Gasteiger partial charge in [-0.15, -0.1) is 0 Å². The molecule has 0 N–H and O–H groups in total. The van der Waals surface area contributed by atoms with Gasteiger partial charge in [0.05, 0.1) is 6.07 Å². The van der Waals surface area contributed by atoms with Gasteiger partial charge in [0.2, 0.25) is 5.76 Å². The highest BCUT2D eigenvalue weighted by molar-refractivity contribution is 5.99. The molecule has 2 aromatic rings. The van der Waals surface area contributed by atoms with Crippen molar-refractivity contribution in [3.05, 3.63) is 51.8 Å². The number of Topliss-reactive ketones (excluding diaryl/α,β-unsaturated/α-hetero) is 1. The molecule has 9 heteroatoms. The molecule has 124 valence electrons. The van der Waals surface area contributed by atoms with Gasteiger partial charge >= 0.3 is 11.9 Å². The monoisotopic (exact) mass is 333 g/mol. The zero-order valence-corrected chi connectivity index (χ0v) is 12.2. The number of ether oxygens (including phenoxy) is 3. The number of benzene rings is 1. The van der Waals surface area contributed by atoms with Crippen LogP contribution < -0.4 is 9.47 Å². The maximum Gasteiger partial charge on any atom is 0.433 e. The van der Waals surface area contributed by atoms with E-state index in [-0.39, 0.29) is 11.3 Å². The van der Waals surface area contributed by atoms with E-state index < -0.39 is 29.2 Å². The Morgan fingerprint density at radius 2 is 1.88 bits per heavy atom. The molecule has 24 heavy (non-hydrogen) atoms. The molecule has 0 spiro atoms. The molecule has 1 aromatic heterocycles. The number of carbonyl (C=O) groups is 2. The molecule has 1 aliphatic heterocycles. The minimum atomic E-state index is -0.964. The molecule has 1 aromatic carbocycles. The van der Waals surface area contributed by atoms with Crippen LogP contribution in [0.4, 0.5) is 5.88 Å². The van der Waals surface area contributed by atoms with Crippen LogP contribution in [-0.4, -0.2) is 36.5 Å². The van der Waals surface area contributed by atoms with Crippen LogP contribution in [0.2, 0.25) is 0 Å². The van der Waals surface area contributed by atoms with Crippen molar-refractivity contribution in [2.45, 2.75) is 0 Å². The zero-order chi connectivity index (χ0) is 17.1. The first-order chi connectivity index (χ1) is 11.5. The lowest BCUT2D eigenvalue weighted by atomic mass is 10.1. The Kier molecular flexibility index (Phi) is 4.15. The fourth-order valence-corrected chi connectivity index (χ4v) is 2.04. The summed E-state index contributed by atoms with van der Waals surface area (Å²) >= 11 is 0. The van der Waals surface area contributed by atoms with Crippen molar-refractivity contribution in [2.24, 2.45) is 0 Å². The van der Waals surface area contributed by atoms with E-state index in [2.05, 4.69) is 0 Å². The molecule has 0 saturated carbocycles. The molecule has 0 atom stereocenters. The van der Waals surface area contributed by atoms with Crippen molar-refractivity contribution in [1.82, 2.24) is 0 Å².